The van der Waals surface area contributed by atoms with E-state index in [1.807, 2.05) is 45.0 Å². The van der Waals surface area contributed by atoms with Gasteiger partial charge in [-0.15, -0.1) is 0 Å². The first-order valence-electron chi connectivity index (χ1n) is 10.6. The molecule has 2 aromatic rings. The molecule has 172 valence electrons. The fourth-order valence-electron chi connectivity index (χ4n) is 3.29. The molecule has 1 heterocycles. The van der Waals surface area contributed by atoms with Gasteiger partial charge in [-0.3, -0.25) is 10.1 Å². The number of rotatable bonds is 3. The summed E-state index contributed by atoms with van der Waals surface area (Å²) in [7, 11) is 0. The predicted molar refractivity (Wildman–Crippen MR) is 127 cm³/mol. The van der Waals surface area contributed by atoms with Gasteiger partial charge in [0.05, 0.1) is 4.92 Å². The number of anilines is 1. The summed E-state index contributed by atoms with van der Waals surface area (Å²) in [6.45, 7) is 8.27. The van der Waals surface area contributed by atoms with E-state index in [0.717, 1.165) is 24.3 Å². The maximum Gasteiger partial charge on any atom is 0.410 e. The van der Waals surface area contributed by atoms with Crippen molar-refractivity contribution in [1.29, 1.82) is 0 Å². The third-order valence-corrected chi connectivity index (χ3v) is 4.94. The van der Waals surface area contributed by atoms with Gasteiger partial charge in [0, 0.05) is 43.5 Å². The molecule has 1 saturated heterocycles. The van der Waals surface area contributed by atoms with E-state index in [2.05, 4.69) is 16.7 Å². The molecule has 0 unspecified atom stereocenters. The van der Waals surface area contributed by atoms with Crippen molar-refractivity contribution < 1.29 is 19.6 Å². The third kappa shape index (κ3) is 6.74. The van der Waals surface area contributed by atoms with Crippen LogP contribution in [0.3, 0.4) is 0 Å². The number of piperazine rings is 1. The Kier molecular flexibility index (Phi) is 7.23. The summed E-state index contributed by atoms with van der Waals surface area (Å²) in [6.07, 6.45) is 3.03. The van der Waals surface area contributed by atoms with Crippen LogP contribution in [0.4, 0.5) is 16.2 Å². The van der Waals surface area contributed by atoms with Crippen molar-refractivity contribution in [1.82, 2.24) is 4.90 Å². The summed E-state index contributed by atoms with van der Waals surface area (Å²) in [6, 6.07) is 12.0. The maximum atomic E-state index is 12.2. The Morgan fingerprint density at radius 3 is 2.36 bits per heavy atom. The van der Waals surface area contributed by atoms with E-state index >= 15 is 0 Å². The summed E-state index contributed by atoms with van der Waals surface area (Å²) in [5.41, 5.74) is 1.71. The van der Waals surface area contributed by atoms with Crippen molar-refractivity contribution in [2.24, 2.45) is 0 Å². The molecule has 3 rings (SSSR count). The number of carbonyl (C=O) groups excluding carboxylic acids is 1. The van der Waals surface area contributed by atoms with Crippen LogP contribution < -0.4 is 4.90 Å². The Balaban J connectivity index is 1.54. The minimum Gasteiger partial charge on any atom is -0.502 e. The molecule has 1 N–H and O–H groups in total. The van der Waals surface area contributed by atoms with Crippen molar-refractivity contribution in [3.8, 4) is 17.6 Å². The summed E-state index contributed by atoms with van der Waals surface area (Å²) < 4.78 is 5.44. The number of aromatic hydroxyl groups is 1. The van der Waals surface area contributed by atoms with Gasteiger partial charge in [-0.25, -0.2) is 4.79 Å². The van der Waals surface area contributed by atoms with Gasteiger partial charge in [-0.2, -0.15) is 0 Å². The highest BCUT2D eigenvalue weighted by molar-refractivity contribution is 5.68. The van der Waals surface area contributed by atoms with Crippen LogP contribution >= 0.6 is 0 Å². The molecule has 0 atom stereocenters. The summed E-state index contributed by atoms with van der Waals surface area (Å²) >= 11 is 0. The lowest BCUT2D eigenvalue weighted by molar-refractivity contribution is -0.385. The van der Waals surface area contributed by atoms with E-state index in [1.54, 1.807) is 23.1 Å². The Morgan fingerprint density at radius 1 is 1.12 bits per heavy atom. The SMILES string of the molecule is CC(C)(C)OC(=O)N1CCN(c2ccc(C#C/C=C/c3ccc([N+](=O)[O-])c(O)c3)cc2)CC1. The molecule has 0 bridgehead atoms. The number of amides is 1. The van der Waals surface area contributed by atoms with Gasteiger partial charge >= 0.3 is 11.8 Å². The van der Waals surface area contributed by atoms with Gasteiger partial charge in [0.15, 0.2) is 5.75 Å². The molecule has 1 fully saturated rings. The van der Waals surface area contributed by atoms with Crippen LogP contribution in [-0.4, -0.2) is 52.8 Å². The molecule has 0 spiro atoms. The third-order valence-electron chi connectivity index (χ3n) is 4.94. The predicted octanol–water partition coefficient (Wildman–Crippen LogP) is 4.42. The average Bonchev–Trinajstić information content (AvgIpc) is 2.76. The zero-order valence-corrected chi connectivity index (χ0v) is 18.9. The second kappa shape index (κ2) is 10.1. The molecule has 0 aromatic heterocycles. The van der Waals surface area contributed by atoms with Gasteiger partial charge in [0.25, 0.3) is 0 Å². The minimum atomic E-state index is -0.632. The highest BCUT2D eigenvalue weighted by Crippen LogP contribution is 2.26. The Labute approximate surface area is 193 Å². The molecule has 0 radical (unpaired) electrons. The van der Waals surface area contributed by atoms with E-state index in [4.69, 9.17) is 4.74 Å². The molecule has 1 aliphatic rings. The van der Waals surface area contributed by atoms with Crippen molar-refractivity contribution in [3.63, 3.8) is 0 Å². The van der Waals surface area contributed by atoms with Crippen LogP contribution in [0.5, 0.6) is 5.75 Å². The lowest BCUT2D eigenvalue weighted by atomic mass is 10.1. The number of phenols is 1. The molecule has 1 aliphatic heterocycles. The summed E-state index contributed by atoms with van der Waals surface area (Å²) in [5.74, 6) is 5.59. The van der Waals surface area contributed by atoms with Crippen molar-refractivity contribution in [3.05, 3.63) is 69.8 Å². The van der Waals surface area contributed by atoms with E-state index in [0.29, 0.717) is 18.7 Å². The number of hydrogen-bond donors (Lipinski definition) is 1. The van der Waals surface area contributed by atoms with Crippen molar-refractivity contribution in [2.75, 3.05) is 31.1 Å². The summed E-state index contributed by atoms with van der Waals surface area (Å²) in [4.78, 5) is 26.3. The van der Waals surface area contributed by atoms with Gasteiger partial charge in [-0.05, 0) is 74.9 Å². The first kappa shape index (κ1) is 23.7. The van der Waals surface area contributed by atoms with Crippen LogP contribution in [0.1, 0.15) is 31.9 Å². The first-order chi connectivity index (χ1) is 15.6. The fourth-order valence-corrected chi connectivity index (χ4v) is 3.29. The van der Waals surface area contributed by atoms with Crippen molar-refractivity contribution in [2.45, 2.75) is 26.4 Å². The lowest BCUT2D eigenvalue weighted by Gasteiger charge is -2.36. The van der Waals surface area contributed by atoms with Crippen LogP contribution in [0.2, 0.25) is 0 Å². The molecule has 0 aliphatic carbocycles. The number of nitro groups is 1. The second-order valence-corrected chi connectivity index (χ2v) is 8.61. The number of ether oxygens (including phenoxy) is 1. The van der Waals surface area contributed by atoms with E-state index in [9.17, 15) is 20.0 Å². The first-order valence-corrected chi connectivity index (χ1v) is 10.6. The zero-order chi connectivity index (χ0) is 24.0. The molecule has 33 heavy (non-hydrogen) atoms. The number of nitro benzene ring substituents is 1. The number of allylic oxidation sites excluding steroid dienone is 1. The van der Waals surface area contributed by atoms with Gasteiger partial charge in [0.2, 0.25) is 0 Å². The summed E-state index contributed by atoms with van der Waals surface area (Å²) in [5, 5.41) is 20.4. The monoisotopic (exact) mass is 449 g/mol. The van der Waals surface area contributed by atoms with E-state index in [1.165, 1.54) is 12.1 Å². The highest BCUT2D eigenvalue weighted by atomic mass is 16.6. The molecule has 8 heteroatoms. The molecule has 1 amide bonds. The lowest BCUT2D eigenvalue weighted by Crippen LogP contribution is -2.50. The van der Waals surface area contributed by atoms with Crippen LogP contribution in [-0.2, 0) is 4.74 Å². The van der Waals surface area contributed by atoms with Crippen LogP contribution in [0.15, 0.2) is 48.5 Å². The molecule has 2 aromatic carbocycles. The minimum absolute atomic E-state index is 0.273. The van der Waals surface area contributed by atoms with Crippen molar-refractivity contribution >= 4 is 23.5 Å². The molecule has 8 nitrogen and oxygen atoms in total. The highest BCUT2D eigenvalue weighted by Gasteiger charge is 2.25. The fraction of sp³-hybridized carbons (Fsp3) is 0.320. The topological polar surface area (TPSA) is 96.2 Å². The maximum absolute atomic E-state index is 12.2. The standard InChI is InChI=1S/C25H27N3O5/c1-25(2,3)33-24(30)27-16-14-26(15-17-27)21-11-8-19(9-12-21)6-4-5-7-20-10-13-22(28(31)32)23(29)18-20/h5,7-13,18,29H,14-17H2,1-3H3/b7-5+. The number of carbonyl (C=O) groups is 1. The van der Waals surface area contributed by atoms with Gasteiger partial charge in [0.1, 0.15) is 5.60 Å². The smallest absolute Gasteiger partial charge is 0.410 e. The second-order valence-electron chi connectivity index (χ2n) is 8.61. The number of phenolic OH excluding ortho intramolecular Hbond substituents is 1. The van der Waals surface area contributed by atoms with Gasteiger partial charge < -0.3 is 19.6 Å². The zero-order valence-electron chi connectivity index (χ0n) is 18.9. The molecule has 0 saturated carbocycles. The largest absolute Gasteiger partial charge is 0.502 e. The number of hydrogen-bond acceptors (Lipinski definition) is 6. The van der Waals surface area contributed by atoms with Crippen LogP contribution in [0, 0.1) is 22.0 Å². The number of nitrogens with zero attached hydrogens (tertiary/aromatic N) is 3. The Bertz CT molecular complexity index is 1100. The van der Waals surface area contributed by atoms with Gasteiger partial charge in [-0.1, -0.05) is 11.8 Å². The number of benzene rings is 2. The Hall–Kier alpha value is -3.99. The average molecular weight is 450 g/mol. The molecular formula is C25H27N3O5. The molecular weight excluding hydrogens is 422 g/mol. The Morgan fingerprint density at radius 2 is 1.79 bits per heavy atom. The van der Waals surface area contributed by atoms with E-state index < -0.39 is 10.5 Å². The van der Waals surface area contributed by atoms with Crippen LogP contribution in [0.25, 0.3) is 6.08 Å². The normalized spacial score (nSPS) is 14.0. The quantitative estimate of drug-likeness (QED) is 0.423. The van der Waals surface area contributed by atoms with E-state index in [-0.39, 0.29) is 17.5 Å².